The van der Waals surface area contributed by atoms with Gasteiger partial charge in [-0.3, -0.25) is 0 Å². The largest absolute Gasteiger partial charge is 0.436 e. The quantitative estimate of drug-likeness (QED) is 0.214. The molecule has 0 fully saturated rings. The summed E-state index contributed by atoms with van der Waals surface area (Å²) in [5.41, 5.74) is 9.72. The molecule has 0 saturated carbocycles. The molecule has 0 amide bonds. The molecule has 4 heteroatoms. The van der Waals surface area contributed by atoms with Gasteiger partial charge < -0.3 is 4.42 Å². The van der Waals surface area contributed by atoms with Crippen LogP contribution in [0.2, 0.25) is 0 Å². The molecule has 0 unspecified atom stereocenters. The van der Waals surface area contributed by atoms with Crippen LogP contribution in [0.4, 0.5) is 0 Å². The highest BCUT2D eigenvalue weighted by atomic mass is 16.3. The van der Waals surface area contributed by atoms with Gasteiger partial charge in [0.05, 0.1) is 11.4 Å². The van der Waals surface area contributed by atoms with Gasteiger partial charge in [-0.15, -0.1) is 0 Å². The van der Waals surface area contributed by atoms with Crippen molar-refractivity contribution >= 4 is 21.9 Å². The van der Waals surface area contributed by atoms with Gasteiger partial charge in [-0.05, 0) is 46.8 Å². The topological polar surface area (TPSA) is 51.8 Å². The van der Waals surface area contributed by atoms with E-state index in [1.54, 1.807) is 0 Å². The molecule has 0 N–H and O–H groups in total. The Morgan fingerprint density at radius 1 is 0.395 bits per heavy atom. The molecular formula is C39H25N3O. The minimum atomic E-state index is 0.630. The lowest BCUT2D eigenvalue weighted by atomic mass is 9.99. The summed E-state index contributed by atoms with van der Waals surface area (Å²) in [6.45, 7) is 0. The maximum atomic E-state index is 6.13. The van der Waals surface area contributed by atoms with Crippen molar-refractivity contribution in [1.29, 1.82) is 0 Å². The first-order valence-corrected chi connectivity index (χ1v) is 14.3. The van der Waals surface area contributed by atoms with Gasteiger partial charge in [0.25, 0.3) is 0 Å². The molecular weight excluding hydrogens is 526 g/mol. The molecule has 0 aliphatic rings. The fourth-order valence-electron chi connectivity index (χ4n) is 5.50. The predicted molar refractivity (Wildman–Crippen MR) is 174 cm³/mol. The van der Waals surface area contributed by atoms with E-state index in [9.17, 15) is 0 Å². The van der Waals surface area contributed by atoms with Gasteiger partial charge >= 0.3 is 0 Å². The molecule has 202 valence electrons. The molecule has 0 saturated heterocycles. The number of hydrogen-bond acceptors (Lipinski definition) is 4. The van der Waals surface area contributed by atoms with Crippen LogP contribution in [0.1, 0.15) is 0 Å². The number of nitrogens with zero attached hydrogens (tertiary/aromatic N) is 3. The van der Waals surface area contributed by atoms with Gasteiger partial charge in [0.15, 0.2) is 11.4 Å². The first kappa shape index (κ1) is 24.9. The fourth-order valence-corrected chi connectivity index (χ4v) is 5.50. The van der Waals surface area contributed by atoms with Crippen molar-refractivity contribution in [1.82, 2.24) is 15.0 Å². The molecule has 0 radical (unpaired) electrons. The monoisotopic (exact) mass is 551 g/mol. The summed E-state index contributed by atoms with van der Waals surface area (Å²) in [6.07, 6.45) is 0. The Bertz CT molecular complexity index is 2150. The van der Waals surface area contributed by atoms with Crippen LogP contribution >= 0.6 is 0 Å². The SMILES string of the molecule is c1ccc(-c2cc(-c3ccccc3)nc(-c3ccc(-c4ccc5ccc6oc(-c7ccccc7)nc6c5c4)cc3)n2)cc1. The van der Waals surface area contributed by atoms with Crippen LogP contribution in [0.5, 0.6) is 0 Å². The third-order valence-corrected chi connectivity index (χ3v) is 7.74. The zero-order valence-corrected chi connectivity index (χ0v) is 23.2. The highest BCUT2D eigenvalue weighted by Crippen LogP contribution is 2.34. The summed E-state index contributed by atoms with van der Waals surface area (Å²) in [6, 6.07) is 51.6. The second kappa shape index (κ2) is 10.5. The molecule has 2 aromatic heterocycles. The smallest absolute Gasteiger partial charge is 0.227 e. The van der Waals surface area contributed by atoms with Gasteiger partial charge in [0.1, 0.15) is 5.52 Å². The molecule has 43 heavy (non-hydrogen) atoms. The molecule has 0 spiro atoms. The molecule has 0 aliphatic carbocycles. The van der Waals surface area contributed by atoms with Crippen LogP contribution in [0.15, 0.2) is 156 Å². The standard InChI is InChI=1S/C39H25N3O/c1-4-10-28(11-5-1)34-25-35(29-12-6-2-7-13-29)41-38(40-34)30-19-16-26(17-20-30)32-21-18-27-22-23-36-37(33(27)24-32)42-39(43-36)31-14-8-3-9-15-31/h1-25H. The summed E-state index contributed by atoms with van der Waals surface area (Å²) in [4.78, 5) is 14.8. The van der Waals surface area contributed by atoms with E-state index in [4.69, 9.17) is 19.4 Å². The number of hydrogen-bond donors (Lipinski definition) is 0. The van der Waals surface area contributed by atoms with Gasteiger partial charge in [-0.2, -0.15) is 0 Å². The van der Waals surface area contributed by atoms with Crippen LogP contribution in [-0.4, -0.2) is 15.0 Å². The van der Waals surface area contributed by atoms with E-state index in [0.717, 1.165) is 66.6 Å². The Balaban J connectivity index is 1.18. The van der Waals surface area contributed by atoms with E-state index in [-0.39, 0.29) is 0 Å². The third-order valence-electron chi connectivity index (χ3n) is 7.74. The van der Waals surface area contributed by atoms with Crippen molar-refractivity contribution in [2.24, 2.45) is 0 Å². The Kier molecular flexibility index (Phi) is 6.08. The highest BCUT2D eigenvalue weighted by Gasteiger charge is 2.13. The van der Waals surface area contributed by atoms with Gasteiger partial charge in [0.2, 0.25) is 5.89 Å². The van der Waals surface area contributed by atoms with Crippen LogP contribution in [-0.2, 0) is 0 Å². The van der Waals surface area contributed by atoms with Gasteiger partial charge in [-0.1, -0.05) is 121 Å². The third kappa shape index (κ3) is 4.75. The second-order valence-electron chi connectivity index (χ2n) is 10.5. The van der Waals surface area contributed by atoms with E-state index in [2.05, 4.69) is 78.9 Å². The van der Waals surface area contributed by atoms with Gasteiger partial charge in [0, 0.05) is 27.6 Å². The van der Waals surface area contributed by atoms with E-state index in [1.165, 1.54) is 0 Å². The van der Waals surface area contributed by atoms with Gasteiger partial charge in [-0.25, -0.2) is 15.0 Å². The lowest BCUT2D eigenvalue weighted by Gasteiger charge is -2.10. The Morgan fingerprint density at radius 2 is 0.930 bits per heavy atom. The predicted octanol–water partition coefficient (Wildman–Crippen LogP) is 10.1. The maximum absolute atomic E-state index is 6.13. The van der Waals surface area contributed by atoms with Crippen LogP contribution < -0.4 is 0 Å². The average Bonchev–Trinajstić information content (AvgIpc) is 3.54. The molecule has 4 nitrogen and oxygen atoms in total. The molecule has 8 rings (SSSR count). The maximum Gasteiger partial charge on any atom is 0.227 e. The molecule has 0 bridgehead atoms. The number of benzene rings is 6. The first-order chi connectivity index (χ1) is 21.3. The van der Waals surface area contributed by atoms with E-state index >= 15 is 0 Å². The lowest BCUT2D eigenvalue weighted by molar-refractivity contribution is 0.620. The second-order valence-corrected chi connectivity index (χ2v) is 10.5. The van der Waals surface area contributed by atoms with E-state index < -0.39 is 0 Å². The molecule has 0 atom stereocenters. The van der Waals surface area contributed by atoms with E-state index in [0.29, 0.717) is 11.7 Å². The van der Waals surface area contributed by atoms with Crippen molar-refractivity contribution in [3.05, 3.63) is 152 Å². The zero-order valence-electron chi connectivity index (χ0n) is 23.2. The van der Waals surface area contributed by atoms with Crippen LogP contribution in [0, 0.1) is 0 Å². The van der Waals surface area contributed by atoms with Crippen molar-refractivity contribution in [3.8, 4) is 56.5 Å². The normalized spacial score (nSPS) is 11.3. The Morgan fingerprint density at radius 3 is 1.56 bits per heavy atom. The number of oxazole rings is 1. The van der Waals surface area contributed by atoms with Crippen molar-refractivity contribution in [3.63, 3.8) is 0 Å². The first-order valence-electron chi connectivity index (χ1n) is 14.3. The average molecular weight is 552 g/mol. The summed E-state index contributed by atoms with van der Waals surface area (Å²) in [7, 11) is 0. The molecule has 6 aromatic carbocycles. The zero-order chi connectivity index (χ0) is 28.6. The number of fused-ring (bicyclic) bond motifs is 3. The van der Waals surface area contributed by atoms with Crippen molar-refractivity contribution in [2.75, 3.05) is 0 Å². The molecule has 8 aromatic rings. The Hall–Kier alpha value is -5.87. The van der Waals surface area contributed by atoms with Crippen molar-refractivity contribution in [2.45, 2.75) is 0 Å². The molecule has 2 heterocycles. The number of rotatable bonds is 5. The lowest BCUT2D eigenvalue weighted by Crippen LogP contribution is -1.95. The summed E-state index contributed by atoms with van der Waals surface area (Å²) >= 11 is 0. The minimum absolute atomic E-state index is 0.630. The Labute approximate surface area is 249 Å². The highest BCUT2D eigenvalue weighted by molar-refractivity contribution is 6.05. The fraction of sp³-hybridized carbons (Fsp3) is 0. The molecule has 0 aliphatic heterocycles. The summed E-state index contributed by atoms with van der Waals surface area (Å²) in [5.74, 6) is 1.33. The van der Waals surface area contributed by atoms with Crippen LogP contribution in [0.25, 0.3) is 78.4 Å². The van der Waals surface area contributed by atoms with E-state index in [1.807, 2.05) is 72.8 Å². The number of aromatic nitrogens is 3. The van der Waals surface area contributed by atoms with Crippen molar-refractivity contribution < 1.29 is 4.42 Å². The minimum Gasteiger partial charge on any atom is -0.436 e. The summed E-state index contributed by atoms with van der Waals surface area (Å²) < 4.78 is 6.13. The summed E-state index contributed by atoms with van der Waals surface area (Å²) in [5, 5.41) is 2.19. The van der Waals surface area contributed by atoms with Crippen LogP contribution in [0.3, 0.4) is 0 Å².